The van der Waals surface area contributed by atoms with Gasteiger partial charge in [-0.25, -0.2) is 4.98 Å². The van der Waals surface area contributed by atoms with Crippen molar-refractivity contribution in [2.45, 2.75) is 20.0 Å². The highest BCUT2D eigenvalue weighted by Gasteiger charge is 2.04. The number of anilines is 1. The minimum atomic E-state index is 0.757. The molecular weight excluding hydrogens is 238 g/mol. The summed E-state index contributed by atoms with van der Waals surface area (Å²) >= 11 is 0. The zero-order valence-electron chi connectivity index (χ0n) is 11.6. The lowest BCUT2D eigenvalue weighted by atomic mass is 10.3. The largest absolute Gasteiger partial charge is 0.372 e. The maximum Gasteiger partial charge on any atom is 0.144 e. The van der Waals surface area contributed by atoms with Crippen LogP contribution < -0.4 is 5.32 Å². The summed E-state index contributed by atoms with van der Waals surface area (Å²) in [6, 6.07) is 6.08. The van der Waals surface area contributed by atoms with Crippen molar-refractivity contribution in [2.75, 3.05) is 19.4 Å². The lowest BCUT2D eigenvalue weighted by Crippen LogP contribution is -2.19. The van der Waals surface area contributed by atoms with Crippen molar-refractivity contribution in [3.05, 3.63) is 47.7 Å². The monoisotopic (exact) mass is 257 g/mol. The maximum absolute atomic E-state index is 4.49. The Morgan fingerprint density at radius 3 is 2.53 bits per heavy atom. The van der Waals surface area contributed by atoms with Crippen LogP contribution in [0.2, 0.25) is 0 Å². The number of hydrogen-bond donors (Lipinski definition) is 1. The van der Waals surface area contributed by atoms with Gasteiger partial charge in [0.05, 0.1) is 23.8 Å². The molecule has 1 N–H and O–H groups in total. The second kappa shape index (κ2) is 6.24. The maximum atomic E-state index is 4.49. The number of hydrogen-bond acceptors (Lipinski definition) is 5. The summed E-state index contributed by atoms with van der Waals surface area (Å²) in [5.41, 5.74) is 3.07. The molecule has 2 aromatic rings. The van der Waals surface area contributed by atoms with E-state index in [4.69, 9.17) is 0 Å². The first kappa shape index (κ1) is 13.4. The molecule has 0 aliphatic heterocycles. The Hall–Kier alpha value is -2.01. The van der Waals surface area contributed by atoms with Crippen molar-refractivity contribution in [2.24, 2.45) is 0 Å². The summed E-state index contributed by atoms with van der Waals surface area (Å²) in [6.45, 7) is 3.56. The minimum Gasteiger partial charge on any atom is -0.372 e. The number of aromatic nitrogens is 3. The fourth-order valence-electron chi connectivity index (χ4n) is 1.86. The van der Waals surface area contributed by atoms with Gasteiger partial charge in [0, 0.05) is 25.8 Å². The normalized spacial score (nSPS) is 10.7. The first-order chi connectivity index (χ1) is 9.17. The molecule has 5 heteroatoms. The fourth-order valence-corrected chi connectivity index (χ4v) is 1.86. The minimum absolute atomic E-state index is 0.757. The SMILES string of the molecule is CNc1cnc(CN(C)Cc2cccc(C)n2)cn1. The molecule has 2 aromatic heterocycles. The van der Waals surface area contributed by atoms with Gasteiger partial charge in [0.1, 0.15) is 5.82 Å². The number of nitrogens with zero attached hydrogens (tertiary/aromatic N) is 4. The summed E-state index contributed by atoms with van der Waals surface area (Å²) in [4.78, 5) is 15.3. The molecule has 0 saturated heterocycles. The Kier molecular flexibility index (Phi) is 4.41. The van der Waals surface area contributed by atoms with Gasteiger partial charge in [0.2, 0.25) is 0 Å². The van der Waals surface area contributed by atoms with E-state index in [1.165, 1.54) is 0 Å². The Bertz CT molecular complexity index is 524. The van der Waals surface area contributed by atoms with Crippen molar-refractivity contribution < 1.29 is 0 Å². The van der Waals surface area contributed by atoms with Crippen LogP contribution >= 0.6 is 0 Å². The molecule has 0 saturated carbocycles. The summed E-state index contributed by atoms with van der Waals surface area (Å²) in [5, 5.41) is 2.96. The van der Waals surface area contributed by atoms with E-state index < -0.39 is 0 Å². The van der Waals surface area contributed by atoms with Crippen molar-refractivity contribution in [3.8, 4) is 0 Å². The second-order valence-electron chi connectivity index (χ2n) is 4.59. The van der Waals surface area contributed by atoms with Crippen LogP contribution in [0, 0.1) is 6.92 Å². The third-order valence-corrected chi connectivity index (χ3v) is 2.77. The Balaban J connectivity index is 1.95. The van der Waals surface area contributed by atoms with Gasteiger partial charge < -0.3 is 5.32 Å². The molecule has 0 spiro atoms. The van der Waals surface area contributed by atoms with Crippen LogP contribution in [0.1, 0.15) is 17.1 Å². The van der Waals surface area contributed by atoms with Gasteiger partial charge in [-0.1, -0.05) is 6.07 Å². The van der Waals surface area contributed by atoms with E-state index in [1.54, 1.807) is 12.4 Å². The average molecular weight is 257 g/mol. The van der Waals surface area contributed by atoms with Gasteiger partial charge in [-0.2, -0.15) is 0 Å². The van der Waals surface area contributed by atoms with Crippen LogP contribution in [-0.2, 0) is 13.1 Å². The molecule has 2 heterocycles. The summed E-state index contributed by atoms with van der Waals surface area (Å²) in [5.74, 6) is 0.784. The highest BCUT2D eigenvalue weighted by atomic mass is 15.1. The first-order valence-electron chi connectivity index (χ1n) is 6.27. The van der Waals surface area contributed by atoms with Crippen LogP contribution in [0.25, 0.3) is 0 Å². The number of nitrogens with one attached hydrogen (secondary N) is 1. The van der Waals surface area contributed by atoms with Crippen LogP contribution in [0.15, 0.2) is 30.6 Å². The van der Waals surface area contributed by atoms with Gasteiger partial charge in [0.15, 0.2) is 0 Å². The van der Waals surface area contributed by atoms with Crippen molar-refractivity contribution >= 4 is 5.82 Å². The first-order valence-corrected chi connectivity index (χ1v) is 6.27. The molecule has 2 rings (SSSR count). The van der Waals surface area contributed by atoms with E-state index in [1.807, 2.05) is 32.2 Å². The molecule has 0 bridgehead atoms. The van der Waals surface area contributed by atoms with Crippen LogP contribution in [0.3, 0.4) is 0 Å². The standard InChI is InChI=1S/C14H19N5/c1-11-5-4-6-12(18-11)9-19(3)10-13-7-17-14(15-2)8-16-13/h4-8H,9-10H2,1-3H3,(H,15,17). The Morgan fingerprint density at radius 1 is 1.11 bits per heavy atom. The van der Waals surface area contributed by atoms with E-state index in [0.717, 1.165) is 36.0 Å². The molecule has 0 fully saturated rings. The summed E-state index contributed by atoms with van der Waals surface area (Å²) in [6.07, 6.45) is 3.54. The van der Waals surface area contributed by atoms with Gasteiger partial charge >= 0.3 is 0 Å². The molecule has 5 nitrogen and oxygen atoms in total. The van der Waals surface area contributed by atoms with E-state index in [9.17, 15) is 0 Å². The van der Waals surface area contributed by atoms with E-state index >= 15 is 0 Å². The van der Waals surface area contributed by atoms with Gasteiger partial charge in [-0.05, 0) is 26.1 Å². The third kappa shape index (κ3) is 3.99. The lowest BCUT2D eigenvalue weighted by molar-refractivity contribution is 0.310. The van der Waals surface area contributed by atoms with Gasteiger partial charge in [0.25, 0.3) is 0 Å². The van der Waals surface area contributed by atoms with Crippen LogP contribution in [-0.4, -0.2) is 33.9 Å². The molecular formula is C14H19N5. The molecule has 0 amide bonds. The Morgan fingerprint density at radius 2 is 1.89 bits per heavy atom. The van der Waals surface area contributed by atoms with Crippen molar-refractivity contribution in [1.82, 2.24) is 19.9 Å². The van der Waals surface area contributed by atoms with E-state index in [0.29, 0.717) is 0 Å². The van der Waals surface area contributed by atoms with Gasteiger partial charge in [-0.3, -0.25) is 14.9 Å². The highest BCUT2D eigenvalue weighted by Crippen LogP contribution is 2.06. The van der Waals surface area contributed by atoms with E-state index in [-0.39, 0.29) is 0 Å². The quantitative estimate of drug-likeness (QED) is 0.886. The highest BCUT2D eigenvalue weighted by molar-refractivity contribution is 5.29. The predicted octanol–water partition coefficient (Wildman–Crippen LogP) is 1.85. The molecule has 0 aliphatic carbocycles. The van der Waals surface area contributed by atoms with Crippen LogP contribution in [0.4, 0.5) is 5.82 Å². The van der Waals surface area contributed by atoms with Gasteiger partial charge in [-0.15, -0.1) is 0 Å². The fraction of sp³-hybridized carbons (Fsp3) is 0.357. The smallest absolute Gasteiger partial charge is 0.144 e. The number of pyridine rings is 1. The zero-order chi connectivity index (χ0) is 13.7. The zero-order valence-corrected chi connectivity index (χ0v) is 11.6. The lowest BCUT2D eigenvalue weighted by Gasteiger charge is -2.15. The van der Waals surface area contributed by atoms with Crippen LogP contribution in [0.5, 0.6) is 0 Å². The number of rotatable bonds is 5. The molecule has 0 unspecified atom stereocenters. The summed E-state index contributed by atoms with van der Waals surface area (Å²) < 4.78 is 0. The van der Waals surface area contributed by atoms with Crippen molar-refractivity contribution in [3.63, 3.8) is 0 Å². The average Bonchev–Trinajstić information content (AvgIpc) is 2.39. The number of aryl methyl sites for hydroxylation is 1. The molecule has 100 valence electrons. The third-order valence-electron chi connectivity index (χ3n) is 2.77. The van der Waals surface area contributed by atoms with E-state index in [2.05, 4.69) is 32.2 Å². The topological polar surface area (TPSA) is 53.9 Å². The molecule has 0 atom stereocenters. The predicted molar refractivity (Wildman–Crippen MR) is 75.7 cm³/mol. The molecule has 0 aromatic carbocycles. The Labute approximate surface area is 113 Å². The molecule has 0 aliphatic rings. The second-order valence-corrected chi connectivity index (χ2v) is 4.59. The molecule has 19 heavy (non-hydrogen) atoms. The van der Waals surface area contributed by atoms with Crippen molar-refractivity contribution in [1.29, 1.82) is 0 Å². The molecule has 0 radical (unpaired) electrons. The summed E-state index contributed by atoms with van der Waals surface area (Å²) in [7, 11) is 3.89.